The molecule has 1 heterocycles. The van der Waals surface area contributed by atoms with Gasteiger partial charge in [0, 0.05) is 19.1 Å². The van der Waals surface area contributed by atoms with Crippen LogP contribution >= 0.6 is 0 Å². The first-order valence-electron chi connectivity index (χ1n) is 6.13. The molecule has 0 aromatic carbocycles. The van der Waals surface area contributed by atoms with Gasteiger partial charge in [-0.2, -0.15) is 0 Å². The van der Waals surface area contributed by atoms with Gasteiger partial charge in [0.25, 0.3) is 0 Å². The smallest absolute Gasteiger partial charge is 0.0229 e. The van der Waals surface area contributed by atoms with Crippen LogP contribution in [-0.2, 0) is 0 Å². The van der Waals surface area contributed by atoms with Gasteiger partial charge < -0.3 is 15.5 Å². The quantitative estimate of drug-likeness (QED) is 0.735. The first-order valence-corrected chi connectivity index (χ1v) is 6.13. The second-order valence-corrected chi connectivity index (χ2v) is 5.41. The van der Waals surface area contributed by atoms with Crippen LogP contribution in [0.1, 0.15) is 20.3 Å². The minimum absolute atomic E-state index is 0.658. The van der Waals surface area contributed by atoms with Gasteiger partial charge in [0.05, 0.1) is 0 Å². The fourth-order valence-corrected chi connectivity index (χ4v) is 2.29. The second-order valence-electron chi connectivity index (χ2n) is 5.41. The summed E-state index contributed by atoms with van der Waals surface area (Å²) in [5.74, 6) is 1.36. The molecule has 1 fully saturated rings. The second kappa shape index (κ2) is 5.83. The molecule has 1 rings (SSSR count). The monoisotopic (exact) mass is 213 g/mol. The first kappa shape index (κ1) is 12.9. The molecule has 0 aromatic heterocycles. The Morgan fingerprint density at radius 2 is 2.07 bits per heavy atom. The summed E-state index contributed by atoms with van der Waals surface area (Å²) in [5.41, 5.74) is 5.81. The summed E-state index contributed by atoms with van der Waals surface area (Å²) >= 11 is 0. The third-order valence-corrected chi connectivity index (χ3v) is 3.72. The largest absolute Gasteiger partial charge is 0.330 e. The maximum Gasteiger partial charge on any atom is 0.0229 e. The molecule has 0 spiro atoms. The molecule has 0 saturated carbocycles. The van der Waals surface area contributed by atoms with Gasteiger partial charge in [0.1, 0.15) is 0 Å². The molecule has 3 heteroatoms. The van der Waals surface area contributed by atoms with E-state index < -0.39 is 0 Å². The summed E-state index contributed by atoms with van der Waals surface area (Å²) in [5, 5.41) is 0. The van der Waals surface area contributed by atoms with Crippen LogP contribution in [0.15, 0.2) is 0 Å². The van der Waals surface area contributed by atoms with E-state index in [0.29, 0.717) is 11.8 Å². The molecule has 0 aliphatic carbocycles. The van der Waals surface area contributed by atoms with Crippen molar-refractivity contribution in [3.8, 4) is 0 Å². The Balaban J connectivity index is 2.34. The van der Waals surface area contributed by atoms with Crippen LogP contribution in [0.25, 0.3) is 0 Å². The van der Waals surface area contributed by atoms with Crippen LogP contribution in [0.5, 0.6) is 0 Å². The fourth-order valence-electron chi connectivity index (χ4n) is 2.29. The molecule has 0 radical (unpaired) electrons. The predicted molar refractivity (Wildman–Crippen MR) is 65.9 cm³/mol. The van der Waals surface area contributed by atoms with Gasteiger partial charge in [-0.1, -0.05) is 13.8 Å². The lowest BCUT2D eigenvalue weighted by Crippen LogP contribution is -2.36. The predicted octanol–water partition coefficient (Wildman–Crippen LogP) is 0.853. The van der Waals surface area contributed by atoms with Crippen molar-refractivity contribution in [3.05, 3.63) is 0 Å². The van der Waals surface area contributed by atoms with Gasteiger partial charge >= 0.3 is 0 Å². The van der Waals surface area contributed by atoms with Crippen molar-refractivity contribution in [2.24, 2.45) is 17.6 Å². The van der Waals surface area contributed by atoms with Gasteiger partial charge in [-0.3, -0.25) is 0 Å². The van der Waals surface area contributed by atoms with Gasteiger partial charge in [-0.25, -0.2) is 0 Å². The molecule has 0 aromatic rings. The van der Waals surface area contributed by atoms with E-state index in [1.54, 1.807) is 0 Å². The molecule has 2 N–H and O–H groups in total. The van der Waals surface area contributed by atoms with Gasteiger partial charge in [-0.05, 0) is 45.4 Å². The highest BCUT2D eigenvalue weighted by Crippen LogP contribution is 2.17. The summed E-state index contributed by atoms with van der Waals surface area (Å²) < 4.78 is 0. The Bertz CT molecular complexity index is 180. The van der Waals surface area contributed by atoms with E-state index in [1.807, 2.05) is 0 Å². The molecule has 0 bridgehead atoms. The molecule has 2 unspecified atom stereocenters. The number of nitrogens with zero attached hydrogens (tertiary/aromatic N) is 2. The normalized spacial score (nSPS) is 25.4. The van der Waals surface area contributed by atoms with E-state index in [4.69, 9.17) is 5.73 Å². The molecule has 15 heavy (non-hydrogen) atoms. The molecule has 90 valence electrons. The number of hydrogen-bond donors (Lipinski definition) is 1. The van der Waals surface area contributed by atoms with Crippen LogP contribution < -0.4 is 5.73 Å². The Hall–Kier alpha value is -0.120. The SMILES string of the molecule is CC(C)C(CN)CN1CCC(N(C)C)C1. The Morgan fingerprint density at radius 3 is 2.47 bits per heavy atom. The summed E-state index contributed by atoms with van der Waals surface area (Å²) in [6.45, 7) is 9.01. The molecule has 1 saturated heterocycles. The highest BCUT2D eigenvalue weighted by molar-refractivity contribution is 4.82. The number of hydrogen-bond acceptors (Lipinski definition) is 3. The van der Waals surface area contributed by atoms with E-state index >= 15 is 0 Å². The van der Waals surface area contributed by atoms with Crippen molar-refractivity contribution in [2.45, 2.75) is 26.3 Å². The molecule has 0 amide bonds. The van der Waals surface area contributed by atoms with Crippen molar-refractivity contribution in [1.82, 2.24) is 9.80 Å². The van der Waals surface area contributed by atoms with Gasteiger partial charge in [0.15, 0.2) is 0 Å². The van der Waals surface area contributed by atoms with E-state index in [9.17, 15) is 0 Å². The van der Waals surface area contributed by atoms with Crippen molar-refractivity contribution in [3.63, 3.8) is 0 Å². The number of rotatable bonds is 5. The van der Waals surface area contributed by atoms with Crippen LogP contribution in [0.4, 0.5) is 0 Å². The molecular formula is C12H27N3. The van der Waals surface area contributed by atoms with Crippen LogP contribution in [0, 0.1) is 11.8 Å². The third-order valence-electron chi connectivity index (χ3n) is 3.72. The Kier molecular flexibility index (Phi) is 5.03. The fraction of sp³-hybridized carbons (Fsp3) is 1.00. The highest BCUT2D eigenvalue weighted by Gasteiger charge is 2.26. The minimum atomic E-state index is 0.658. The number of likely N-dealkylation sites (tertiary alicyclic amines) is 1. The Morgan fingerprint density at radius 1 is 1.40 bits per heavy atom. The summed E-state index contributed by atoms with van der Waals surface area (Å²) in [4.78, 5) is 4.91. The van der Waals surface area contributed by atoms with Crippen LogP contribution in [0.3, 0.4) is 0 Å². The average molecular weight is 213 g/mol. The van der Waals surface area contributed by atoms with Crippen molar-refractivity contribution >= 4 is 0 Å². The Labute approximate surface area is 94.6 Å². The standard InChI is InChI=1S/C12H27N3/c1-10(2)11(7-13)8-15-6-5-12(9-15)14(3)4/h10-12H,5-9,13H2,1-4H3. The maximum absolute atomic E-state index is 5.81. The molecule has 1 aliphatic heterocycles. The molecule has 3 nitrogen and oxygen atoms in total. The maximum atomic E-state index is 5.81. The minimum Gasteiger partial charge on any atom is -0.330 e. The lowest BCUT2D eigenvalue weighted by Gasteiger charge is -2.26. The van der Waals surface area contributed by atoms with Crippen molar-refractivity contribution in [2.75, 3.05) is 40.3 Å². The summed E-state index contributed by atoms with van der Waals surface area (Å²) in [6.07, 6.45) is 1.31. The van der Waals surface area contributed by atoms with E-state index in [2.05, 4.69) is 37.7 Å². The zero-order valence-electron chi connectivity index (χ0n) is 10.7. The number of likely N-dealkylation sites (N-methyl/N-ethyl adjacent to an activating group) is 1. The van der Waals surface area contributed by atoms with Crippen LogP contribution in [-0.4, -0.2) is 56.1 Å². The lowest BCUT2D eigenvalue weighted by molar-refractivity contribution is 0.219. The lowest BCUT2D eigenvalue weighted by atomic mass is 9.95. The zero-order chi connectivity index (χ0) is 11.4. The molecule has 1 aliphatic rings. The summed E-state index contributed by atoms with van der Waals surface area (Å²) in [6, 6.07) is 0.746. The molecular weight excluding hydrogens is 186 g/mol. The summed E-state index contributed by atoms with van der Waals surface area (Å²) in [7, 11) is 4.36. The van der Waals surface area contributed by atoms with Crippen molar-refractivity contribution in [1.29, 1.82) is 0 Å². The van der Waals surface area contributed by atoms with E-state index in [1.165, 1.54) is 26.1 Å². The highest BCUT2D eigenvalue weighted by atomic mass is 15.2. The van der Waals surface area contributed by atoms with Gasteiger partial charge in [-0.15, -0.1) is 0 Å². The van der Waals surface area contributed by atoms with Gasteiger partial charge in [0.2, 0.25) is 0 Å². The van der Waals surface area contributed by atoms with E-state index in [0.717, 1.165) is 12.6 Å². The zero-order valence-corrected chi connectivity index (χ0v) is 10.7. The topological polar surface area (TPSA) is 32.5 Å². The number of nitrogens with two attached hydrogens (primary N) is 1. The first-order chi connectivity index (χ1) is 7.04. The third kappa shape index (κ3) is 3.74. The van der Waals surface area contributed by atoms with Crippen LogP contribution in [0.2, 0.25) is 0 Å². The van der Waals surface area contributed by atoms with E-state index in [-0.39, 0.29) is 0 Å². The molecule has 2 atom stereocenters. The average Bonchev–Trinajstić information content (AvgIpc) is 2.61. The van der Waals surface area contributed by atoms with Crippen molar-refractivity contribution < 1.29 is 0 Å².